The van der Waals surface area contributed by atoms with Gasteiger partial charge in [-0.1, -0.05) is 24.6 Å². The monoisotopic (exact) mass is 336 g/mol. The summed E-state index contributed by atoms with van der Waals surface area (Å²) in [5.41, 5.74) is 3.98. The second kappa shape index (κ2) is 7.36. The van der Waals surface area contributed by atoms with Crippen LogP contribution in [0.25, 0.3) is 0 Å². The van der Waals surface area contributed by atoms with Gasteiger partial charge in [-0.15, -0.1) is 0 Å². The van der Waals surface area contributed by atoms with Crippen LogP contribution in [0.4, 0.5) is 0 Å². The quantitative estimate of drug-likeness (QED) is 0.794. The number of carbonyl (C=O) groups excluding carboxylic acids is 1. The van der Waals surface area contributed by atoms with Crippen LogP contribution >= 0.6 is 0 Å². The van der Waals surface area contributed by atoms with Gasteiger partial charge in [0.2, 0.25) is 0 Å². The van der Waals surface area contributed by atoms with Gasteiger partial charge < -0.3 is 4.74 Å². The van der Waals surface area contributed by atoms with Crippen LogP contribution in [-0.2, 0) is 17.7 Å². The molecule has 0 unspecified atom stereocenters. The van der Waals surface area contributed by atoms with Crippen LogP contribution in [0.1, 0.15) is 59.0 Å². The predicted molar refractivity (Wildman–Crippen MR) is 96.3 cm³/mol. The largest absolute Gasteiger partial charge is 0.452 e. The van der Waals surface area contributed by atoms with Crippen molar-refractivity contribution >= 4 is 5.97 Å². The Morgan fingerprint density at radius 2 is 1.92 bits per heavy atom. The normalized spacial score (nSPS) is 20.2. The molecule has 130 valence electrons. The molecule has 4 rings (SSSR count). The summed E-state index contributed by atoms with van der Waals surface area (Å²) < 4.78 is 5.70. The van der Waals surface area contributed by atoms with E-state index >= 15 is 0 Å². The molecule has 0 saturated carbocycles. The molecule has 0 radical (unpaired) electrons. The summed E-state index contributed by atoms with van der Waals surface area (Å²) in [6, 6.07) is 11.9. The summed E-state index contributed by atoms with van der Waals surface area (Å²) in [4.78, 5) is 19.3. The third-order valence-corrected chi connectivity index (χ3v) is 5.20. The highest BCUT2D eigenvalue weighted by molar-refractivity contribution is 5.89. The van der Waals surface area contributed by atoms with E-state index in [1.807, 2.05) is 30.3 Å². The molecule has 0 N–H and O–H groups in total. The van der Waals surface area contributed by atoms with E-state index in [-0.39, 0.29) is 12.1 Å². The number of hydrogen-bond donors (Lipinski definition) is 0. The Kier molecular flexibility index (Phi) is 4.79. The molecule has 25 heavy (non-hydrogen) atoms. The minimum atomic E-state index is -0.256. The molecule has 1 aromatic heterocycles. The molecule has 1 aliphatic heterocycles. The van der Waals surface area contributed by atoms with Crippen LogP contribution in [-0.4, -0.2) is 28.9 Å². The summed E-state index contributed by atoms with van der Waals surface area (Å²) in [6.07, 6.45) is 7.24. The summed E-state index contributed by atoms with van der Waals surface area (Å²) >= 11 is 0. The predicted octanol–water partition coefficient (Wildman–Crippen LogP) is 3.91. The maximum absolute atomic E-state index is 12.5. The maximum atomic E-state index is 12.5. The average Bonchev–Trinajstić information content (AvgIpc) is 3.06. The summed E-state index contributed by atoms with van der Waals surface area (Å²) in [6.45, 7) is 3.32. The van der Waals surface area contributed by atoms with E-state index in [2.05, 4.69) is 16.0 Å². The zero-order valence-electron chi connectivity index (χ0n) is 14.5. The zero-order valence-corrected chi connectivity index (χ0v) is 14.5. The number of esters is 1. The Hall–Kier alpha value is -2.20. The molecule has 2 aliphatic rings. The van der Waals surface area contributed by atoms with Crippen LogP contribution < -0.4 is 0 Å². The zero-order chi connectivity index (χ0) is 17.1. The number of piperidine rings is 1. The SMILES string of the molecule is O=C(O[C@@H]1CCc2cccnc21)c1ccc(CN2CCCCC2)cc1. The van der Waals surface area contributed by atoms with Gasteiger partial charge in [0, 0.05) is 12.7 Å². The Bertz CT molecular complexity index is 736. The van der Waals surface area contributed by atoms with E-state index in [1.54, 1.807) is 6.20 Å². The second-order valence-corrected chi connectivity index (χ2v) is 7.01. The lowest BCUT2D eigenvalue weighted by Crippen LogP contribution is -2.29. The van der Waals surface area contributed by atoms with E-state index in [0.717, 1.165) is 25.1 Å². The fourth-order valence-corrected chi connectivity index (χ4v) is 3.81. The number of benzene rings is 1. The Labute approximate surface area is 148 Å². The van der Waals surface area contributed by atoms with Crippen molar-refractivity contribution in [2.45, 2.75) is 44.8 Å². The standard InChI is InChI=1S/C21H24N2O2/c24-21(25-19-11-10-17-5-4-12-22-20(17)19)18-8-6-16(7-9-18)15-23-13-2-1-3-14-23/h4-9,12,19H,1-3,10-11,13-15H2/t19-/m1/s1. The molecule has 1 aromatic carbocycles. The van der Waals surface area contributed by atoms with Crippen molar-refractivity contribution in [3.63, 3.8) is 0 Å². The molecule has 0 bridgehead atoms. The summed E-state index contributed by atoms with van der Waals surface area (Å²) in [5.74, 6) is -0.256. The number of ether oxygens (including phenoxy) is 1. The van der Waals surface area contributed by atoms with E-state index < -0.39 is 0 Å². The van der Waals surface area contributed by atoms with Crippen molar-refractivity contribution in [1.29, 1.82) is 0 Å². The van der Waals surface area contributed by atoms with Gasteiger partial charge in [0.05, 0.1) is 11.3 Å². The molecule has 4 nitrogen and oxygen atoms in total. The minimum Gasteiger partial charge on any atom is -0.452 e. The lowest BCUT2D eigenvalue weighted by molar-refractivity contribution is 0.0292. The van der Waals surface area contributed by atoms with Gasteiger partial charge in [0.1, 0.15) is 6.10 Å². The first-order valence-corrected chi connectivity index (χ1v) is 9.26. The maximum Gasteiger partial charge on any atom is 0.338 e. The van der Waals surface area contributed by atoms with Crippen LogP contribution in [0.5, 0.6) is 0 Å². The van der Waals surface area contributed by atoms with Gasteiger partial charge in [-0.25, -0.2) is 4.79 Å². The molecule has 1 saturated heterocycles. The third kappa shape index (κ3) is 3.74. The van der Waals surface area contributed by atoms with Crippen molar-refractivity contribution < 1.29 is 9.53 Å². The first-order valence-electron chi connectivity index (χ1n) is 9.26. The van der Waals surface area contributed by atoms with Crippen molar-refractivity contribution in [1.82, 2.24) is 9.88 Å². The molecule has 0 spiro atoms. The highest BCUT2D eigenvalue weighted by atomic mass is 16.5. The molecule has 4 heteroatoms. The first-order chi connectivity index (χ1) is 12.3. The van der Waals surface area contributed by atoms with Crippen LogP contribution in [0, 0.1) is 0 Å². The summed E-state index contributed by atoms with van der Waals surface area (Å²) in [5, 5.41) is 0. The molecule has 0 amide bonds. The van der Waals surface area contributed by atoms with Gasteiger partial charge in [-0.05, 0) is 68.1 Å². The number of fused-ring (bicyclic) bond motifs is 1. The van der Waals surface area contributed by atoms with Crippen molar-refractivity contribution in [2.24, 2.45) is 0 Å². The first kappa shape index (κ1) is 16.3. The molecule has 2 heterocycles. The van der Waals surface area contributed by atoms with Crippen LogP contribution in [0.15, 0.2) is 42.6 Å². The van der Waals surface area contributed by atoms with Crippen LogP contribution in [0.2, 0.25) is 0 Å². The highest BCUT2D eigenvalue weighted by Crippen LogP contribution is 2.32. The number of aryl methyl sites for hydroxylation is 1. The van der Waals surface area contributed by atoms with E-state index in [4.69, 9.17) is 4.74 Å². The summed E-state index contributed by atoms with van der Waals surface area (Å²) in [7, 11) is 0. The number of carbonyl (C=O) groups is 1. The van der Waals surface area contributed by atoms with Crippen molar-refractivity contribution in [3.8, 4) is 0 Å². The Morgan fingerprint density at radius 1 is 1.12 bits per heavy atom. The van der Waals surface area contributed by atoms with Gasteiger partial charge in [-0.2, -0.15) is 0 Å². The van der Waals surface area contributed by atoms with Crippen molar-refractivity contribution in [2.75, 3.05) is 13.1 Å². The van der Waals surface area contributed by atoms with Gasteiger partial charge in [0.15, 0.2) is 0 Å². The molecule has 1 aliphatic carbocycles. The van der Waals surface area contributed by atoms with Crippen LogP contribution in [0.3, 0.4) is 0 Å². The molecule has 2 aromatic rings. The van der Waals surface area contributed by atoms with E-state index in [1.165, 1.54) is 43.5 Å². The van der Waals surface area contributed by atoms with Gasteiger partial charge >= 0.3 is 5.97 Å². The number of pyridine rings is 1. The number of nitrogens with zero attached hydrogens (tertiary/aromatic N) is 2. The molecular formula is C21H24N2O2. The Balaban J connectivity index is 1.38. The third-order valence-electron chi connectivity index (χ3n) is 5.20. The fraction of sp³-hybridized carbons (Fsp3) is 0.429. The fourth-order valence-electron chi connectivity index (χ4n) is 3.81. The number of likely N-dealkylation sites (tertiary alicyclic amines) is 1. The lowest BCUT2D eigenvalue weighted by Gasteiger charge is -2.26. The highest BCUT2D eigenvalue weighted by Gasteiger charge is 2.27. The average molecular weight is 336 g/mol. The van der Waals surface area contributed by atoms with Gasteiger partial charge in [0.25, 0.3) is 0 Å². The molecule has 1 fully saturated rings. The van der Waals surface area contributed by atoms with E-state index in [0.29, 0.717) is 5.56 Å². The van der Waals surface area contributed by atoms with E-state index in [9.17, 15) is 4.79 Å². The van der Waals surface area contributed by atoms with Crippen molar-refractivity contribution in [3.05, 3.63) is 65.0 Å². The number of rotatable bonds is 4. The second-order valence-electron chi connectivity index (χ2n) is 7.01. The number of hydrogen-bond acceptors (Lipinski definition) is 4. The minimum absolute atomic E-state index is 0.211. The smallest absolute Gasteiger partial charge is 0.338 e. The molecule has 1 atom stereocenters. The lowest BCUT2D eigenvalue weighted by atomic mass is 10.1. The van der Waals surface area contributed by atoms with Gasteiger partial charge in [-0.3, -0.25) is 9.88 Å². The molecular weight excluding hydrogens is 312 g/mol. The topological polar surface area (TPSA) is 42.4 Å². The Morgan fingerprint density at radius 3 is 2.72 bits per heavy atom. The number of aromatic nitrogens is 1.